The Bertz CT molecular complexity index is 586. The molecule has 0 amide bonds. The van der Waals surface area contributed by atoms with E-state index in [0.29, 0.717) is 0 Å². The molecule has 1 aliphatic heterocycles. The van der Waals surface area contributed by atoms with Crippen molar-refractivity contribution in [3.63, 3.8) is 0 Å². The lowest BCUT2D eigenvalue weighted by molar-refractivity contribution is 0.243. The molecule has 1 saturated heterocycles. The van der Waals surface area contributed by atoms with E-state index < -0.39 is 0 Å². The Hall–Kier alpha value is -1.95. The fraction of sp³-hybridized carbons (Fsp3) is 0.562. The van der Waals surface area contributed by atoms with Crippen LogP contribution in [0.4, 0.5) is 5.82 Å². The van der Waals surface area contributed by atoms with Crippen molar-refractivity contribution in [2.45, 2.75) is 26.3 Å². The van der Waals surface area contributed by atoms with E-state index in [1.54, 1.807) is 12.4 Å². The van der Waals surface area contributed by atoms with E-state index in [9.17, 15) is 0 Å². The summed E-state index contributed by atoms with van der Waals surface area (Å²) in [5.74, 6) is 0.980. The van der Waals surface area contributed by atoms with Crippen molar-refractivity contribution in [1.82, 2.24) is 24.6 Å². The van der Waals surface area contributed by atoms with Gasteiger partial charge in [0.2, 0.25) is 0 Å². The Kier molecular flexibility index (Phi) is 4.68. The summed E-state index contributed by atoms with van der Waals surface area (Å²) >= 11 is 0. The van der Waals surface area contributed by atoms with Crippen LogP contribution >= 0.6 is 0 Å². The maximum Gasteiger partial charge on any atom is 0.147 e. The van der Waals surface area contributed by atoms with Crippen molar-refractivity contribution in [3.05, 3.63) is 36.0 Å². The molecule has 0 saturated carbocycles. The van der Waals surface area contributed by atoms with Crippen LogP contribution in [0.15, 0.2) is 24.7 Å². The molecule has 0 aliphatic carbocycles. The Morgan fingerprint density at radius 2 is 1.95 bits per heavy atom. The number of rotatable bonds is 5. The van der Waals surface area contributed by atoms with Crippen LogP contribution in [0.2, 0.25) is 0 Å². The number of hydrogen-bond acceptors (Lipinski definition) is 5. The van der Waals surface area contributed by atoms with Crippen LogP contribution in [-0.2, 0) is 20.0 Å². The first kappa shape index (κ1) is 15.0. The minimum atomic E-state index is 0.974. The standard InChI is InChI=1S/C16H24N6/c1-3-4-14-11-15(20(2)19-14)13-21-7-9-22(10-8-21)16-12-17-5-6-18-16/h5-6,11-12H,3-4,7-10,13H2,1-2H3. The predicted octanol–water partition coefficient (Wildman–Crippen LogP) is 1.48. The minimum absolute atomic E-state index is 0.974. The number of aromatic nitrogens is 4. The summed E-state index contributed by atoms with van der Waals surface area (Å²) in [7, 11) is 2.05. The quantitative estimate of drug-likeness (QED) is 0.837. The zero-order valence-electron chi connectivity index (χ0n) is 13.4. The van der Waals surface area contributed by atoms with Gasteiger partial charge in [-0.2, -0.15) is 5.10 Å². The topological polar surface area (TPSA) is 50.1 Å². The third-order valence-electron chi connectivity index (χ3n) is 4.16. The zero-order chi connectivity index (χ0) is 15.4. The molecule has 2 aromatic rings. The lowest BCUT2D eigenvalue weighted by atomic mass is 10.2. The SMILES string of the molecule is CCCc1cc(CN2CCN(c3cnccn3)CC2)n(C)n1. The molecular formula is C16H24N6. The average Bonchev–Trinajstić information content (AvgIpc) is 2.89. The molecule has 3 rings (SSSR count). The van der Waals surface area contributed by atoms with Gasteiger partial charge in [0.1, 0.15) is 5.82 Å². The highest BCUT2D eigenvalue weighted by Crippen LogP contribution is 2.14. The highest BCUT2D eigenvalue weighted by atomic mass is 15.3. The van der Waals surface area contributed by atoms with Gasteiger partial charge in [-0.25, -0.2) is 4.98 Å². The Morgan fingerprint density at radius 3 is 2.64 bits per heavy atom. The first-order chi connectivity index (χ1) is 10.8. The van der Waals surface area contributed by atoms with Crippen molar-refractivity contribution in [2.24, 2.45) is 7.05 Å². The molecule has 0 atom stereocenters. The molecule has 0 spiro atoms. The first-order valence-corrected chi connectivity index (χ1v) is 8.01. The normalized spacial score (nSPS) is 16.2. The van der Waals surface area contributed by atoms with Gasteiger partial charge >= 0.3 is 0 Å². The van der Waals surface area contributed by atoms with Crippen LogP contribution in [0.1, 0.15) is 24.7 Å². The van der Waals surface area contributed by atoms with E-state index in [4.69, 9.17) is 0 Å². The first-order valence-electron chi connectivity index (χ1n) is 8.01. The average molecular weight is 300 g/mol. The van der Waals surface area contributed by atoms with Crippen molar-refractivity contribution >= 4 is 5.82 Å². The summed E-state index contributed by atoms with van der Waals surface area (Å²) < 4.78 is 2.03. The van der Waals surface area contributed by atoms with Crippen molar-refractivity contribution in [2.75, 3.05) is 31.1 Å². The number of aryl methyl sites for hydroxylation is 2. The summed E-state index contributed by atoms with van der Waals surface area (Å²) in [4.78, 5) is 13.3. The van der Waals surface area contributed by atoms with E-state index in [-0.39, 0.29) is 0 Å². The molecule has 118 valence electrons. The Morgan fingerprint density at radius 1 is 1.14 bits per heavy atom. The molecule has 1 aliphatic rings. The molecular weight excluding hydrogens is 276 g/mol. The second-order valence-electron chi connectivity index (χ2n) is 5.83. The van der Waals surface area contributed by atoms with Crippen LogP contribution in [0.25, 0.3) is 0 Å². The molecule has 3 heterocycles. The monoisotopic (exact) mass is 300 g/mol. The van der Waals surface area contributed by atoms with Crippen LogP contribution in [0.3, 0.4) is 0 Å². The molecule has 2 aromatic heterocycles. The van der Waals surface area contributed by atoms with Gasteiger partial charge in [0.15, 0.2) is 0 Å². The Balaban J connectivity index is 1.56. The number of piperazine rings is 1. The summed E-state index contributed by atoms with van der Waals surface area (Å²) in [5.41, 5.74) is 2.51. The summed E-state index contributed by atoms with van der Waals surface area (Å²) in [6, 6.07) is 2.25. The van der Waals surface area contributed by atoms with E-state index in [0.717, 1.165) is 51.4 Å². The van der Waals surface area contributed by atoms with Crippen molar-refractivity contribution in [3.8, 4) is 0 Å². The molecule has 0 aromatic carbocycles. The van der Waals surface area contributed by atoms with Gasteiger partial charge in [-0.1, -0.05) is 13.3 Å². The van der Waals surface area contributed by atoms with Crippen LogP contribution in [0.5, 0.6) is 0 Å². The lowest BCUT2D eigenvalue weighted by Crippen LogP contribution is -2.46. The minimum Gasteiger partial charge on any atom is -0.353 e. The number of hydrogen-bond donors (Lipinski definition) is 0. The van der Waals surface area contributed by atoms with E-state index in [1.165, 1.54) is 11.4 Å². The second kappa shape index (κ2) is 6.87. The summed E-state index contributed by atoms with van der Waals surface area (Å²) in [5, 5.41) is 4.59. The molecule has 0 bridgehead atoms. The molecule has 6 nitrogen and oxygen atoms in total. The van der Waals surface area contributed by atoms with E-state index in [2.05, 4.69) is 37.9 Å². The summed E-state index contributed by atoms with van der Waals surface area (Å²) in [6.45, 7) is 7.26. The maximum atomic E-state index is 4.59. The zero-order valence-corrected chi connectivity index (χ0v) is 13.4. The van der Waals surface area contributed by atoms with Gasteiger partial charge in [-0.15, -0.1) is 0 Å². The number of nitrogens with zero attached hydrogens (tertiary/aromatic N) is 6. The van der Waals surface area contributed by atoms with Gasteiger partial charge in [0, 0.05) is 52.2 Å². The highest BCUT2D eigenvalue weighted by molar-refractivity contribution is 5.35. The lowest BCUT2D eigenvalue weighted by Gasteiger charge is -2.35. The maximum absolute atomic E-state index is 4.59. The summed E-state index contributed by atoms with van der Waals surface area (Å²) in [6.07, 6.45) is 7.53. The van der Waals surface area contributed by atoms with Gasteiger partial charge < -0.3 is 4.90 Å². The third-order valence-corrected chi connectivity index (χ3v) is 4.16. The van der Waals surface area contributed by atoms with Gasteiger partial charge in [0.05, 0.1) is 17.6 Å². The van der Waals surface area contributed by atoms with Gasteiger partial charge in [-0.05, 0) is 12.5 Å². The van der Waals surface area contributed by atoms with Crippen molar-refractivity contribution < 1.29 is 0 Å². The highest BCUT2D eigenvalue weighted by Gasteiger charge is 2.19. The van der Waals surface area contributed by atoms with E-state index in [1.807, 2.05) is 17.9 Å². The third kappa shape index (κ3) is 3.44. The van der Waals surface area contributed by atoms with Gasteiger partial charge in [0.25, 0.3) is 0 Å². The van der Waals surface area contributed by atoms with Crippen molar-refractivity contribution in [1.29, 1.82) is 0 Å². The fourth-order valence-electron chi connectivity index (χ4n) is 2.92. The van der Waals surface area contributed by atoms with Crippen LogP contribution in [-0.4, -0.2) is 50.8 Å². The molecule has 0 N–H and O–H groups in total. The van der Waals surface area contributed by atoms with Crippen LogP contribution < -0.4 is 4.90 Å². The molecule has 0 radical (unpaired) electrons. The second-order valence-corrected chi connectivity index (χ2v) is 5.83. The van der Waals surface area contributed by atoms with Gasteiger partial charge in [-0.3, -0.25) is 14.6 Å². The Labute approximate surface area is 131 Å². The van der Waals surface area contributed by atoms with Crippen LogP contribution in [0, 0.1) is 0 Å². The smallest absolute Gasteiger partial charge is 0.147 e. The number of anilines is 1. The molecule has 6 heteroatoms. The molecule has 0 unspecified atom stereocenters. The molecule has 1 fully saturated rings. The fourth-order valence-corrected chi connectivity index (χ4v) is 2.92. The molecule has 22 heavy (non-hydrogen) atoms. The largest absolute Gasteiger partial charge is 0.353 e. The van der Waals surface area contributed by atoms with E-state index >= 15 is 0 Å². The predicted molar refractivity (Wildman–Crippen MR) is 86.7 cm³/mol.